The summed E-state index contributed by atoms with van der Waals surface area (Å²) in [6.07, 6.45) is -19.1. The van der Waals surface area contributed by atoms with Crippen LogP contribution in [0, 0.1) is 51.4 Å². The third kappa shape index (κ3) is 13.9. The minimum Gasteiger partial charge on any atom is -0.508 e. The molecule has 1 aliphatic rings. The number of ether oxygens (including phenoxy) is 6. The van der Waals surface area contributed by atoms with E-state index < -0.39 is 60.3 Å². The maximum atomic E-state index is 13.7. The molecule has 1 atom stereocenters. The van der Waals surface area contributed by atoms with Gasteiger partial charge in [0, 0.05) is 42.6 Å². The summed E-state index contributed by atoms with van der Waals surface area (Å²) in [6.45, 7) is 12.6. The monoisotopic (exact) mass is 1120 g/mol. The second-order valence-corrected chi connectivity index (χ2v) is 18.9. The van der Waals surface area contributed by atoms with Gasteiger partial charge in [-0.3, -0.25) is 4.79 Å². The fraction of sp³-hybridized carbons (Fsp3) is 0.500. The van der Waals surface area contributed by atoms with Crippen molar-refractivity contribution < 1.29 is 91.0 Å². The van der Waals surface area contributed by atoms with Crippen LogP contribution in [0.5, 0.6) is 11.5 Å². The van der Waals surface area contributed by atoms with Crippen molar-refractivity contribution in [2.75, 3.05) is 34.4 Å². The number of esters is 1. The molecule has 4 aromatic rings. The average Bonchev–Trinajstić information content (AvgIpc) is 3.42. The lowest BCUT2D eigenvalue weighted by Crippen LogP contribution is -2.58. The lowest BCUT2D eigenvalue weighted by Gasteiger charge is -2.34. The molecule has 1 fully saturated rings. The highest BCUT2D eigenvalue weighted by Gasteiger charge is 2.73. The van der Waals surface area contributed by atoms with Crippen molar-refractivity contribution in [3.63, 3.8) is 0 Å². The molecule has 0 aromatic heterocycles. The van der Waals surface area contributed by atoms with E-state index in [2.05, 4.69) is 24.9 Å². The Kier molecular flexibility index (Phi) is 21.4. The van der Waals surface area contributed by atoms with Crippen molar-refractivity contribution >= 4 is 5.97 Å². The predicted molar refractivity (Wildman–Crippen MR) is 268 cm³/mol. The molecule has 8 nitrogen and oxygen atoms in total. The number of benzene rings is 4. The zero-order valence-electron chi connectivity index (χ0n) is 44.9. The van der Waals surface area contributed by atoms with Crippen molar-refractivity contribution in [2.24, 2.45) is 0 Å². The number of aromatic hydroxyl groups is 1. The summed E-state index contributed by atoms with van der Waals surface area (Å²) in [4.78, 5) is 11.6. The van der Waals surface area contributed by atoms with Crippen LogP contribution in [-0.4, -0.2) is 87.5 Å². The number of carbonyl (C=O) groups excluding carboxylic acids is 1. The molecule has 1 heterocycles. The van der Waals surface area contributed by atoms with Crippen molar-refractivity contribution in [2.45, 2.75) is 153 Å². The SMILES string of the molecule is CCC(CC)(c1ccc(C#CC(OCOC)(C(F)(F)F)C(F)(F)F)c(C)c1)c1ccc(OC[C@@H]2CCCC(=O)O2)c(C)c1.CCC(CC)(c1ccc(O)c(C)c1)c1ccc(C#CC(OCOC)(C(F)(F)F)C(F)(F)F)c(C)c1. The summed E-state index contributed by atoms with van der Waals surface area (Å²) in [6, 6.07) is 20.7. The third-order valence-electron chi connectivity index (χ3n) is 14.2. The molecule has 428 valence electrons. The lowest BCUT2D eigenvalue weighted by atomic mass is 9.70. The third-order valence-corrected chi connectivity index (χ3v) is 14.2. The van der Waals surface area contributed by atoms with Crippen LogP contribution in [-0.2, 0) is 39.3 Å². The Morgan fingerprint density at radius 1 is 0.551 bits per heavy atom. The first-order valence-corrected chi connectivity index (χ1v) is 24.9. The van der Waals surface area contributed by atoms with Gasteiger partial charge >= 0.3 is 41.9 Å². The number of halogens is 12. The van der Waals surface area contributed by atoms with Gasteiger partial charge in [0.05, 0.1) is 0 Å². The van der Waals surface area contributed by atoms with Crippen LogP contribution in [0.4, 0.5) is 52.7 Å². The van der Waals surface area contributed by atoms with E-state index in [0.717, 1.165) is 54.9 Å². The number of hydrogen-bond donors (Lipinski definition) is 1. The highest BCUT2D eigenvalue weighted by molar-refractivity contribution is 5.70. The van der Waals surface area contributed by atoms with Crippen molar-refractivity contribution in [1.82, 2.24) is 0 Å². The van der Waals surface area contributed by atoms with Gasteiger partial charge in [0.1, 0.15) is 37.8 Å². The van der Waals surface area contributed by atoms with Crippen LogP contribution in [0.1, 0.15) is 128 Å². The Balaban J connectivity index is 0.000000344. The normalized spacial score (nSPS) is 14.8. The smallest absolute Gasteiger partial charge is 0.438 e. The first-order chi connectivity index (χ1) is 36.3. The van der Waals surface area contributed by atoms with Gasteiger partial charge in [-0.1, -0.05) is 88.1 Å². The topological polar surface area (TPSA) is 92.7 Å². The van der Waals surface area contributed by atoms with Crippen molar-refractivity contribution in [1.29, 1.82) is 0 Å². The van der Waals surface area contributed by atoms with Gasteiger partial charge in [-0.05, 0) is 147 Å². The number of phenolic OH excluding ortho intramolecular Hbond substituents is 1. The van der Waals surface area contributed by atoms with Crippen molar-refractivity contribution in [3.05, 3.63) is 128 Å². The summed E-state index contributed by atoms with van der Waals surface area (Å²) in [5.74, 6) is 7.34. The fourth-order valence-electron chi connectivity index (χ4n) is 9.42. The summed E-state index contributed by atoms with van der Waals surface area (Å²) in [7, 11) is 1.83. The van der Waals surface area contributed by atoms with Gasteiger partial charge in [-0.2, -0.15) is 52.7 Å². The van der Waals surface area contributed by atoms with Gasteiger partial charge in [0.25, 0.3) is 0 Å². The molecule has 0 bridgehead atoms. The molecule has 0 aliphatic carbocycles. The Morgan fingerprint density at radius 3 is 1.26 bits per heavy atom. The molecule has 0 spiro atoms. The number of methoxy groups -OCH3 is 2. The molecule has 78 heavy (non-hydrogen) atoms. The second kappa shape index (κ2) is 25.9. The number of aryl methyl sites for hydroxylation is 4. The molecule has 4 aromatic carbocycles. The molecule has 0 unspecified atom stereocenters. The second-order valence-electron chi connectivity index (χ2n) is 18.9. The van der Waals surface area contributed by atoms with E-state index >= 15 is 0 Å². The largest absolute Gasteiger partial charge is 0.508 e. The quantitative estimate of drug-likeness (QED) is 0.0484. The van der Waals surface area contributed by atoms with Gasteiger partial charge in [0.2, 0.25) is 0 Å². The average molecular weight is 1120 g/mol. The zero-order chi connectivity index (χ0) is 58.7. The van der Waals surface area contributed by atoms with Gasteiger partial charge in [-0.25, -0.2) is 0 Å². The van der Waals surface area contributed by atoms with Crippen molar-refractivity contribution in [3.8, 4) is 35.2 Å². The molecular weight excluding hydrogens is 1050 g/mol. The number of phenols is 1. The molecule has 0 saturated carbocycles. The molecule has 0 radical (unpaired) electrons. The van der Waals surface area contributed by atoms with Gasteiger partial charge in [0.15, 0.2) is 0 Å². The Bertz CT molecular complexity index is 2770. The van der Waals surface area contributed by atoms with E-state index in [4.69, 9.17) is 9.47 Å². The number of cyclic esters (lactones) is 1. The molecule has 1 N–H and O–H groups in total. The van der Waals surface area contributed by atoms with E-state index in [0.29, 0.717) is 54.5 Å². The number of hydrogen-bond acceptors (Lipinski definition) is 8. The minimum atomic E-state index is -5.86. The van der Waals surface area contributed by atoms with E-state index in [1.54, 1.807) is 51.1 Å². The summed E-state index contributed by atoms with van der Waals surface area (Å²) < 4.78 is 191. The first-order valence-electron chi connectivity index (χ1n) is 24.9. The Labute approximate surface area is 447 Å². The van der Waals surface area contributed by atoms with E-state index in [1.807, 2.05) is 70.9 Å². The molecule has 1 aliphatic heterocycles. The standard InChI is InChI=1S/C32H36F6O5.C26H28F6O3/c1-6-29(7-2,25-13-14-27(22(4)18-25)41-19-26-9-8-10-28(39)43-26)24-12-11-23(21(3)17-24)15-16-30(31(33,34)35,32(36,37)38)42-20-40-5;1-6-23(7-2,21-10-11-22(33)18(4)15-21)20-9-8-19(17(3)14-20)12-13-24(25(27,28)29,26(30,31)32)35-16-34-5/h11-14,17-18,26H,6-10,19-20H2,1-5H3;8-11,14-15,33H,6-7,16H2,1-5H3/t26-;/m0./s1. The lowest BCUT2D eigenvalue weighted by molar-refractivity contribution is -0.368. The number of carbonyl (C=O) groups is 1. The predicted octanol–water partition coefficient (Wildman–Crippen LogP) is 14.7. The maximum absolute atomic E-state index is 13.7. The first kappa shape index (κ1) is 64.6. The number of rotatable bonds is 17. The van der Waals surface area contributed by atoms with E-state index in [9.17, 15) is 62.6 Å². The fourth-order valence-corrected chi connectivity index (χ4v) is 9.42. The summed E-state index contributed by atoms with van der Waals surface area (Å²) >= 11 is 0. The molecule has 1 saturated heterocycles. The van der Waals surface area contributed by atoms with Gasteiger partial charge < -0.3 is 33.5 Å². The van der Waals surface area contributed by atoms with E-state index in [1.165, 1.54) is 24.0 Å². The van der Waals surface area contributed by atoms with Crippen LogP contribution in [0.15, 0.2) is 72.8 Å². The van der Waals surface area contributed by atoms with Gasteiger partial charge in [-0.15, -0.1) is 0 Å². The maximum Gasteiger partial charge on any atom is 0.438 e. The van der Waals surface area contributed by atoms with Crippen LogP contribution < -0.4 is 4.74 Å². The summed E-state index contributed by atoms with van der Waals surface area (Å²) in [5.41, 5.74) is -4.36. The highest BCUT2D eigenvalue weighted by Crippen LogP contribution is 2.48. The molecule has 0 amide bonds. The summed E-state index contributed by atoms with van der Waals surface area (Å²) in [5, 5.41) is 9.91. The zero-order valence-corrected chi connectivity index (χ0v) is 44.9. The Morgan fingerprint density at radius 2 is 0.923 bits per heavy atom. The highest BCUT2D eigenvalue weighted by atomic mass is 19.4. The van der Waals surface area contributed by atoms with Crippen LogP contribution in [0.2, 0.25) is 0 Å². The van der Waals surface area contributed by atoms with Crippen LogP contribution in [0.3, 0.4) is 0 Å². The minimum absolute atomic E-state index is 0.00656. The molecule has 20 heteroatoms. The van der Waals surface area contributed by atoms with Crippen LogP contribution >= 0.6 is 0 Å². The molecule has 5 rings (SSSR count). The van der Waals surface area contributed by atoms with E-state index in [-0.39, 0.29) is 35.6 Å². The number of alkyl halides is 12. The van der Waals surface area contributed by atoms with Crippen LogP contribution in [0.25, 0.3) is 0 Å². The Hall–Kier alpha value is -5.93. The molecular formula is C58H64F12O8.